The van der Waals surface area contributed by atoms with Crippen LogP contribution in [0.5, 0.6) is 0 Å². The van der Waals surface area contributed by atoms with Crippen LogP contribution in [0.2, 0.25) is 0 Å². The Morgan fingerprint density at radius 1 is 1.15 bits per heavy atom. The van der Waals surface area contributed by atoms with Crippen molar-refractivity contribution >= 4 is 35.3 Å². The summed E-state index contributed by atoms with van der Waals surface area (Å²) >= 11 is 1.41. The Balaban J connectivity index is 1.26. The van der Waals surface area contributed by atoms with E-state index in [0.29, 0.717) is 47.9 Å². The number of halogens is 2. The minimum Gasteiger partial charge on any atom is -0.347 e. The fourth-order valence-corrected chi connectivity index (χ4v) is 7.55. The Morgan fingerprint density at radius 3 is 2.80 bits per heavy atom. The van der Waals surface area contributed by atoms with Gasteiger partial charge in [0.2, 0.25) is 5.91 Å². The Hall–Kier alpha value is -3.70. The summed E-state index contributed by atoms with van der Waals surface area (Å²) in [6.07, 6.45) is 3.48. The van der Waals surface area contributed by atoms with E-state index in [0.717, 1.165) is 18.9 Å². The first kappa shape index (κ1) is 26.5. The molecule has 0 aromatic heterocycles. The van der Waals surface area contributed by atoms with Crippen molar-refractivity contribution in [2.75, 3.05) is 24.5 Å². The highest BCUT2D eigenvalue weighted by Crippen LogP contribution is 2.48. The maximum Gasteiger partial charge on any atom is 0.326 e. The van der Waals surface area contributed by atoms with Crippen molar-refractivity contribution in [3.05, 3.63) is 77.4 Å². The molecule has 0 bridgehead atoms. The first-order chi connectivity index (χ1) is 19.4. The molecular formula is C29H29F2N5O3S. The van der Waals surface area contributed by atoms with E-state index in [1.54, 1.807) is 34.1 Å². The van der Waals surface area contributed by atoms with E-state index in [9.17, 15) is 23.2 Å². The first-order valence-corrected chi connectivity index (χ1v) is 14.2. The molecule has 3 unspecified atom stereocenters. The third kappa shape index (κ3) is 4.66. The largest absolute Gasteiger partial charge is 0.347 e. The molecule has 2 aromatic rings. The highest BCUT2D eigenvalue weighted by molar-refractivity contribution is 8.04. The molecule has 0 aliphatic carbocycles. The summed E-state index contributed by atoms with van der Waals surface area (Å²) in [5, 5.41) is 9.41. The minimum absolute atomic E-state index is 0.105. The van der Waals surface area contributed by atoms with Gasteiger partial charge in [-0.2, -0.15) is 0 Å². The first-order valence-electron chi connectivity index (χ1n) is 13.4. The summed E-state index contributed by atoms with van der Waals surface area (Å²) < 4.78 is 28.4. The average Bonchev–Trinajstić information content (AvgIpc) is 3.34. The number of carbonyl (C=O) groups is 3. The predicted octanol–water partition coefficient (Wildman–Crippen LogP) is 3.72. The van der Waals surface area contributed by atoms with E-state index in [1.807, 2.05) is 0 Å². The third-order valence-electron chi connectivity index (χ3n) is 7.98. The standard InChI is InChI=1S/C29H29F2N5O3S/c1-2-22(37)35-13-5-7-17(15-35)33-27(38)26-25-23-21(11-12-32-28(23)40-26)36(29(39)34-25)18-8-3-6-16(14-18)19-9-4-10-20(30)24(19)31/h2-4,6,8-10,14,17,21,23,28,32H,1,5,7,11-13,15H2,(H,33,38)(H,34,39)/t17-,21?,23?,28?/m1/s1. The van der Waals surface area contributed by atoms with Gasteiger partial charge in [-0.15, -0.1) is 0 Å². The Kier molecular flexibility index (Phi) is 7.09. The van der Waals surface area contributed by atoms with Gasteiger partial charge in [0.15, 0.2) is 11.6 Å². The van der Waals surface area contributed by atoms with Gasteiger partial charge in [0, 0.05) is 42.0 Å². The molecule has 4 aliphatic rings. The molecule has 2 aromatic carbocycles. The van der Waals surface area contributed by atoms with Gasteiger partial charge in [0.25, 0.3) is 5.91 Å². The van der Waals surface area contributed by atoms with Crippen molar-refractivity contribution in [1.29, 1.82) is 0 Å². The van der Waals surface area contributed by atoms with Crippen LogP contribution in [0.1, 0.15) is 19.3 Å². The number of hydrogen-bond acceptors (Lipinski definition) is 5. The fourth-order valence-electron chi connectivity index (χ4n) is 6.15. The maximum atomic E-state index is 14.5. The van der Waals surface area contributed by atoms with E-state index < -0.39 is 11.6 Å². The van der Waals surface area contributed by atoms with Gasteiger partial charge in [-0.1, -0.05) is 42.6 Å². The van der Waals surface area contributed by atoms with Gasteiger partial charge in [-0.25, -0.2) is 13.6 Å². The molecule has 4 aliphatic heterocycles. The zero-order chi connectivity index (χ0) is 28.0. The number of nitrogens with zero attached hydrogens (tertiary/aromatic N) is 2. The van der Waals surface area contributed by atoms with E-state index in [2.05, 4.69) is 22.5 Å². The van der Waals surface area contributed by atoms with Crippen molar-refractivity contribution in [2.24, 2.45) is 5.92 Å². The number of nitrogens with one attached hydrogen (secondary N) is 3. The van der Waals surface area contributed by atoms with Crippen molar-refractivity contribution in [3.8, 4) is 11.1 Å². The maximum absolute atomic E-state index is 14.5. The molecule has 4 atom stereocenters. The van der Waals surface area contributed by atoms with Crippen LogP contribution in [0, 0.1) is 17.6 Å². The molecule has 4 amide bonds. The number of rotatable bonds is 5. The monoisotopic (exact) mass is 565 g/mol. The van der Waals surface area contributed by atoms with Crippen molar-refractivity contribution in [3.63, 3.8) is 0 Å². The number of thioether (sulfide) groups is 1. The molecule has 3 N–H and O–H groups in total. The van der Waals surface area contributed by atoms with Crippen LogP contribution < -0.4 is 20.9 Å². The van der Waals surface area contributed by atoms with E-state index in [4.69, 9.17) is 0 Å². The molecule has 0 radical (unpaired) electrons. The summed E-state index contributed by atoms with van der Waals surface area (Å²) in [6, 6.07) is 10.1. The third-order valence-corrected chi connectivity index (χ3v) is 9.33. The molecule has 208 valence electrons. The normalized spacial score (nSPS) is 25.8. The lowest BCUT2D eigenvalue weighted by Crippen LogP contribution is -2.62. The summed E-state index contributed by atoms with van der Waals surface area (Å²) in [6.45, 7) is 5.26. The second-order valence-electron chi connectivity index (χ2n) is 10.4. The van der Waals surface area contributed by atoms with Gasteiger partial charge in [-0.05, 0) is 55.6 Å². The van der Waals surface area contributed by atoms with Gasteiger partial charge in [0.1, 0.15) is 0 Å². The molecule has 3 fully saturated rings. The Bertz CT molecular complexity index is 1430. The van der Waals surface area contributed by atoms with Crippen LogP contribution in [0.3, 0.4) is 0 Å². The highest BCUT2D eigenvalue weighted by Gasteiger charge is 2.51. The number of urea groups is 1. The number of likely N-dealkylation sites (tertiary alicyclic amines) is 1. The Morgan fingerprint density at radius 2 is 1.98 bits per heavy atom. The van der Waals surface area contributed by atoms with Crippen LogP contribution in [0.4, 0.5) is 19.3 Å². The smallest absolute Gasteiger partial charge is 0.326 e. The molecule has 0 spiro atoms. The average molecular weight is 566 g/mol. The van der Waals surface area contributed by atoms with Gasteiger partial charge in [0.05, 0.1) is 16.3 Å². The van der Waals surface area contributed by atoms with E-state index >= 15 is 0 Å². The van der Waals surface area contributed by atoms with E-state index in [-0.39, 0.29) is 46.8 Å². The molecule has 11 heteroatoms. The summed E-state index contributed by atoms with van der Waals surface area (Å²) in [5.41, 5.74) is 1.76. The number of benzene rings is 2. The molecule has 3 saturated heterocycles. The van der Waals surface area contributed by atoms with Crippen LogP contribution >= 0.6 is 11.8 Å². The van der Waals surface area contributed by atoms with Crippen LogP contribution in [-0.2, 0) is 9.59 Å². The summed E-state index contributed by atoms with van der Waals surface area (Å²) in [5.74, 6) is -2.44. The van der Waals surface area contributed by atoms with Crippen molar-refractivity contribution < 1.29 is 23.2 Å². The molecule has 6 rings (SSSR count). The number of carbonyl (C=O) groups excluding carboxylic acids is 3. The second-order valence-corrected chi connectivity index (χ2v) is 11.5. The zero-order valence-electron chi connectivity index (χ0n) is 21.7. The van der Waals surface area contributed by atoms with Crippen LogP contribution in [-0.4, -0.2) is 59.8 Å². The quantitative estimate of drug-likeness (QED) is 0.481. The molecular weight excluding hydrogens is 536 g/mol. The number of piperidine rings is 2. The molecule has 4 heterocycles. The molecule has 0 saturated carbocycles. The molecule has 40 heavy (non-hydrogen) atoms. The number of hydrogen-bond donors (Lipinski definition) is 3. The summed E-state index contributed by atoms with van der Waals surface area (Å²) in [7, 11) is 0. The topological polar surface area (TPSA) is 93.8 Å². The fraction of sp³-hybridized carbons (Fsp3) is 0.345. The van der Waals surface area contributed by atoms with Gasteiger partial charge in [-0.3, -0.25) is 14.5 Å². The lowest BCUT2D eigenvalue weighted by molar-refractivity contribution is -0.128. The highest BCUT2D eigenvalue weighted by atomic mass is 32.2. The lowest BCUT2D eigenvalue weighted by Gasteiger charge is -2.45. The predicted molar refractivity (Wildman–Crippen MR) is 149 cm³/mol. The number of amides is 4. The zero-order valence-corrected chi connectivity index (χ0v) is 22.5. The van der Waals surface area contributed by atoms with Crippen molar-refractivity contribution in [2.45, 2.75) is 36.7 Å². The van der Waals surface area contributed by atoms with Gasteiger partial charge < -0.3 is 20.9 Å². The number of anilines is 1. The van der Waals surface area contributed by atoms with E-state index in [1.165, 1.54) is 30.0 Å². The Labute approximate surface area is 234 Å². The summed E-state index contributed by atoms with van der Waals surface area (Å²) in [4.78, 5) is 42.9. The van der Waals surface area contributed by atoms with Crippen LogP contribution in [0.25, 0.3) is 11.1 Å². The minimum atomic E-state index is -0.937. The SMILES string of the molecule is C=CC(=O)N1CCC[C@@H](NC(=O)C2=C3NC(=O)N(c4cccc(-c5cccc(F)c5F)c4)C4CCNC(S2)C34)C1. The van der Waals surface area contributed by atoms with Gasteiger partial charge >= 0.3 is 6.03 Å². The van der Waals surface area contributed by atoms with Crippen molar-refractivity contribution in [1.82, 2.24) is 20.9 Å². The van der Waals surface area contributed by atoms with Crippen LogP contribution in [0.15, 0.2) is 65.7 Å². The molecule has 8 nitrogen and oxygen atoms in total. The lowest BCUT2D eigenvalue weighted by atomic mass is 9.86. The second kappa shape index (κ2) is 10.7.